The van der Waals surface area contributed by atoms with Crippen molar-refractivity contribution in [3.8, 4) is 0 Å². The van der Waals surface area contributed by atoms with Gasteiger partial charge in [0.1, 0.15) is 0 Å². The van der Waals surface area contributed by atoms with Gasteiger partial charge in [0.25, 0.3) is 0 Å². The quantitative estimate of drug-likeness (QED) is 0.750. The lowest BCUT2D eigenvalue weighted by molar-refractivity contribution is -0.140. The van der Waals surface area contributed by atoms with Crippen LogP contribution in [0, 0.1) is 0 Å². The summed E-state index contributed by atoms with van der Waals surface area (Å²) in [6.07, 6.45) is 0.540. The maximum atomic E-state index is 10.5. The van der Waals surface area contributed by atoms with Gasteiger partial charge in [0, 0.05) is 23.4 Å². The van der Waals surface area contributed by atoms with Crippen LogP contribution in [0.15, 0.2) is 18.2 Å². The Hall–Kier alpha value is -0.730. The summed E-state index contributed by atoms with van der Waals surface area (Å²) in [5.74, 6) is -0.298. The smallest absolute Gasteiger partial charge is 0.302 e. The van der Waals surface area contributed by atoms with Gasteiger partial charge < -0.3 is 4.74 Å². The summed E-state index contributed by atoms with van der Waals surface area (Å²) in [6, 6.07) is 5.30. The second kappa shape index (κ2) is 5.23. The standard InChI is InChI=1S/C10H10Cl2O2/c1-7(13)14-6-5-8-9(11)3-2-4-10(8)12/h2-4H,5-6H2,1H3. The number of rotatable bonds is 3. The lowest BCUT2D eigenvalue weighted by Crippen LogP contribution is -2.03. The molecule has 1 aromatic carbocycles. The Kier molecular flexibility index (Phi) is 4.23. The summed E-state index contributed by atoms with van der Waals surface area (Å²) in [6.45, 7) is 1.67. The molecule has 0 saturated heterocycles. The zero-order valence-electron chi connectivity index (χ0n) is 7.72. The van der Waals surface area contributed by atoms with Crippen molar-refractivity contribution in [3.05, 3.63) is 33.8 Å². The van der Waals surface area contributed by atoms with Crippen LogP contribution in [0.1, 0.15) is 12.5 Å². The molecule has 0 radical (unpaired) electrons. The number of ether oxygens (including phenoxy) is 1. The van der Waals surface area contributed by atoms with Gasteiger partial charge in [-0.25, -0.2) is 0 Å². The van der Waals surface area contributed by atoms with E-state index in [-0.39, 0.29) is 5.97 Å². The van der Waals surface area contributed by atoms with E-state index >= 15 is 0 Å². The summed E-state index contributed by atoms with van der Waals surface area (Å²) in [5, 5.41) is 1.20. The topological polar surface area (TPSA) is 26.3 Å². The third-order valence-corrected chi connectivity index (χ3v) is 2.43. The molecule has 0 aliphatic heterocycles. The van der Waals surface area contributed by atoms with Gasteiger partial charge >= 0.3 is 5.97 Å². The van der Waals surface area contributed by atoms with Crippen LogP contribution in [0.25, 0.3) is 0 Å². The fraction of sp³-hybridized carbons (Fsp3) is 0.300. The third kappa shape index (κ3) is 3.20. The minimum absolute atomic E-state index is 0.298. The summed E-state index contributed by atoms with van der Waals surface area (Å²) in [5.41, 5.74) is 0.817. The molecular formula is C10H10Cl2O2. The summed E-state index contributed by atoms with van der Waals surface area (Å²) in [4.78, 5) is 10.5. The molecule has 0 fully saturated rings. The van der Waals surface area contributed by atoms with E-state index in [0.717, 1.165) is 5.56 Å². The van der Waals surface area contributed by atoms with Gasteiger partial charge in [-0.15, -0.1) is 0 Å². The van der Waals surface area contributed by atoms with Gasteiger partial charge in [-0.2, -0.15) is 0 Å². The highest BCUT2D eigenvalue weighted by atomic mass is 35.5. The lowest BCUT2D eigenvalue weighted by Gasteiger charge is -2.06. The zero-order chi connectivity index (χ0) is 10.6. The molecule has 0 spiro atoms. The highest BCUT2D eigenvalue weighted by molar-refractivity contribution is 6.35. The molecule has 14 heavy (non-hydrogen) atoms. The molecule has 4 heteroatoms. The molecule has 0 bridgehead atoms. The normalized spacial score (nSPS) is 9.93. The zero-order valence-corrected chi connectivity index (χ0v) is 9.23. The average Bonchev–Trinajstić information content (AvgIpc) is 2.09. The summed E-state index contributed by atoms with van der Waals surface area (Å²) >= 11 is 11.8. The monoisotopic (exact) mass is 232 g/mol. The van der Waals surface area contributed by atoms with Gasteiger partial charge in [-0.3, -0.25) is 4.79 Å². The summed E-state index contributed by atoms with van der Waals surface area (Å²) in [7, 11) is 0. The molecule has 0 N–H and O–H groups in total. The van der Waals surface area contributed by atoms with Crippen LogP contribution in [0.3, 0.4) is 0 Å². The van der Waals surface area contributed by atoms with E-state index in [1.807, 2.05) is 0 Å². The Balaban J connectivity index is 2.62. The first kappa shape index (κ1) is 11.3. The molecule has 0 aliphatic carbocycles. The van der Waals surface area contributed by atoms with Crippen LogP contribution in [0.2, 0.25) is 10.0 Å². The van der Waals surface area contributed by atoms with E-state index < -0.39 is 0 Å². The first-order chi connectivity index (χ1) is 6.61. The van der Waals surface area contributed by atoms with E-state index in [1.54, 1.807) is 18.2 Å². The number of benzene rings is 1. The number of esters is 1. The molecule has 76 valence electrons. The molecule has 0 aliphatic rings. The van der Waals surface area contributed by atoms with E-state index in [0.29, 0.717) is 23.1 Å². The molecule has 0 saturated carbocycles. The highest BCUT2D eigenvalue weighted by Crippen LogP contribution is 2.24. The number of carbonyl (C=O) groups excluding carboxylic acids is 1. The van der Waals surface area contributed by atoms with E-state index in [9.17, 15) is 4.79 Å². The number of hydrogen-bond acceptors (Lipinski definition) is 2. The molecule has 0 unspecified atom stereocenters. The molecule has 0 aromatic heterocycles. The average molecular weight is 233 g/mol. The Bertz CT molecular complexity index is 317. The van der Waals surface area contributed by atoms with Crippen LogP contribution in [0.4, 0.5) is 0 Å². The van der Waals surface area contributed by atoms with Crippen molar-refractivity contribution in [2.45, 2.75) is 13.3 Å². The molecule has 1 rings (SSSR count). The maximum Gasteiger partial charge on any atom is 0.302 e. The van der Waals surface area contributed by atoms with Gasteiger partial charge in [-0.1, -0.05) is 29.3 Å². The highest BCUT2D eigenvalue weighted by Gasteiger charge is 2.05. The first-order valence-corrected chi connectivity index (χ1v) is 4.93. The molecule has 0 heterocycles. The Morgan fingerprint density at radius 1 is 1.36 bits per heavy atom. The van der Waals surface area contributed by atoms with E-state index in [4.69, 9.17) is 27.9 Å². The minimum atomic E-state index is -0.298. The lowest BCUT2D eigenvalue weighted by atomic mass is 10.1. The van der Waals surface area contributed by atoms with Crippen LogP contribution in [0.5, 0.6) is 0 Å². The Morgan fingerprint density at radius 2 is 1.93 bits per heavy atom. The molecule has 1 aromatic rings. The van der Waals surface area contributed by atoms with Crippen molar-refractivity contribution in [2.75, 3.05) is 6.61 Å². The van der Waals surface area contributed by atoms with Crippen LogP contribution in [-0.4, -0.2) is 12.6 Å². The fourth-order valence-electron chi connectivity index (χ4n) is 1.07. The second-order valence-electron chi connectivity index (χ2n) is 2.79. The number of carbonyl (C=O) groups is 1. The van der Waals surface area contributed by atoms with E-state index in [1.165, 1.54) is 6.92 Å². The van der Waals surface area contributed by atoms with Crippen molar-refractivity contribution < 1.29 is 9.53 Å². The Morgan fingerprint density at radius 3 is 2.43 bits per heavy atom. The molecule has 0 atom stereocenters. The minimum Gasteiger partial charge on any atom is -0.466 e. The first-order valence-electron chi connectivity index (χ1n) is 4.17. The molecular weight excluding hydrogens is 223 g/mol. The number of halogens is 2. The van der Waals surface area contributed by atoms with Gasteiger partial charge in [0.05, 0.1) is 6.61 Å². The van der Waals surface area contributed by atoms with Crippen LogP contribution in [-0.2, 0) is 16.0 Å². The SMILES string of the molecule is CC(=O)OCCc1c(Cl)cccc1Cl. The Labute approximate surface area is 92.8 Å². The van der Waals surface area contributed by atoms with Gasteiger partial charge in [0.2, 0.25) is 0 Å². The van der Waals surface area contributed by atoms with Crippen molar-refractivity contribution in [1.82, 2.24) is 0 Å². The molecule has 2 nitrogen and oxygen atoms in total. The van der Waals surface area contributed by atoms with Crippen molar-refractivity contribution in [1.29, 1.82) is 0 Å². The van der Waals surface area contributed by atoms with Crippen LogP contribution >= 0.6 is 23.2 Å². The fourth-order valence-corrected chi connectivity index (χ4v) is 1.65. The molecule has 0 amide bonds. The van der Waals surface area contributed by atoms with Crippen molar-refractivity contribution >= 4 is 29.2 Å². The predicted molar refractivity (Wildman–Crippen MR) is 56.8 cm³/mol. The van der Waals surface area contributed by atoms with Crippen molar-refractivity contribution in [2.24, 2.45) is 0 Å². The predicted octanol–water partition coefficient (Wildman–Crippen LogP) is 3.10. The van der Waals surface area contributed by atoms with Crippen LogP contribution < -0.4 is 0 Å². The van der Waals surface area contributed by atoms with Crippen molar-refractivity contribution in [3.63, 3.8) is 0 Å². The number of hydrogen-bond donors (Lipinski definition) is 0. The third-order valence-electron chi connectivity index (χ3n) is 1.72. The maximum absolute atomic E-state index is 10.5. The van der Waals surface area contributed by atoms with Gasteiger partial charge in [0.15, 0.2) is 0 Å². The second-order valence-corrected chi connectivity index (χ2v) is 3.60. The largest absolute Gasteiger partial charge is 0.466 e. The van der Waals surface area contributed by atoms with Gasteiger partial charge in [-0.05, 0) is 17.7 Å². The van der Waals surface area contributed by atoms with E-state index in [2.05, 4.69) is 0 Å². The summed E-state index contributed by atoms with van der Waals surface area (Å²) < 4.78 is 4.80.